The summed E-state index contributed by atoms with van der Waals surface area (Å²) in [6.45, 7) is 6.74. The summed E-state index contributed by atoms with van der Waals surface area (Å²) in [4.78, 5) is 0. The van der Waals surface area contributed by atoms with E-state index in [0.29, 0.717) is 12.5 Å². The van der Waals surface area contributed by atoms with Crippen LogP contribution in [0, 0.1) is 5.92 Å². The lowest BCUT2D eigenvalue weighted by molar-refractivity contribution is -0.219. The Hall–Kier alpha value is -0.883. The van der Waals surface area contributed by atoms with Crippen LogP contribution in [-0.4, -0.2) is 29.3 Å². The van der Waals surface area contributed by atoms with Crippen molar-refractivity contribution in [1.29, 1.82) is 0 Å². The average molecular weight is 282 g/mol. The minimum Gasteiger partial charge on any atom is -0.462 e. The van der Waals surface area contributed by atoms with Gasteiger partial charge in [0.15, 0.2) is 0 Å². The van der Waals surface area contributed by atoms with Crippen molar-refractivity contribution < 1.29 is 18.3 Å². The van der Waals surface area contributed by atoms with Gasteiger partial charge in [0, 0.05) is 32.6 Å². The molecule has 1 atom stereocenters. The molecule has 0 amide bonds. The van der Waals surface area contributed by atoms with Gasteiger partial charge in [-0.15, -0.1) is 0 Å². The van der Waals surface area contributed by atoms with Crippen molar-refractivity contribution in [2.75, 3.05) is 14.2 Å². The van der Waals surface area contributed by atoms with Gasteiger partial charge in [-0.1, -0.05) is 19.9 Å². The molecule has 1 aliphatic rings. The topological polar surface area (TPSA) is 36.9 Å². The van der Waals surface area contributed by atoms with E-state index < -0.39 is 15.1 Å². The molecule has 1 unspecified atom stereocenters. The van der Waals surface area contributed by atoms with Crippen molar-refractivity contribution in [3.8, 4) is 5.75 Å². The number of hydrogen-bond donors (Lipinski definition) is 0. The van der Waals surface area contributed by atoms with Gasteiger partial charge in [-0.05, 0) is 17.3 Å². The number of ether oxygens (including phenoxy) is 2. The second kappa shape index (κ2) is 5.62. The van der Waals surface area contributed by atoms with Crippen molar-refractivity contribution in [3.63, 3.8) is 0 Å². The summed E-state index contributed by atoms with van der Waals surface area (Å²) in [5.74, 6) is 0.639. The van der Waals surface area contributed by atoms with E-state index >= 15 is 0 Å². The fraction of sp³-hybridized carbons (Fsp3) is 0.571. The van der Waals surface area contributed by atoms with Gasteiger partial charge in [-0.3, -0.25) is 0 Å². The smallest absolute Gasteiger partial charge is 0.355 e. The Bertz CT molecular complexity index is 445. The van der Waals surface area contributed by atoms with Gasteiger partial charge in [0.1, 0.15) is 5.75 Å². The number of rotatable bonds is 4. The van der Waals surface area contributed by atoms with Crippen LogP contribution in [0.25, 0.3) is 0 Å². The molecule has 0 saturated carbocycles. The Morgan fingerprint density at radius 1 is 1.26 bits per heavy atom. The lowest BCUT2D eigenvalue weighted by Gasteiger charge is -2.38. The first-order chi connectivity index (χ1) is 9.00. The predicted molar refractivity (Wildman–Crippen MR) is 75.9 cm³/mol. The van der Waals surface area contributed by atoms with Crippen molar-refractivity contribution in [1.82, 2.24) is 0 Å². The van der Waals surface area contributed by atoms with E-state index in [1.54, 1.807) is 14.2 Å². The van der Waals surface area contributed by atoms with Gasteiger partial charge < -0.3 is 18.3 Å². The quantitative estimate of drug-likeness (QED) is 0.788. The van der Waals surface area contributed by atoms with E-state index in [9.17, 15) is 0 Å². The van der Waals surface area contributed by atoms with Crippen LogP contribution in [-0.2, 0) is 20.2 Å². The molecular formula is C14H22O4Si. The Morgan fingerprint density at radius 2 is 1.95 bits per heavy atom. The van der Waals surface area contributed by atoms with Crippen molar-refractivity contribution >= 4 is 14.5 Å². The van der Waals surface area contributed by atoms with Crippen LogP contribution in [0.3, 0.4) is 0 Å². The highest BCUT2D eigenvalue weighted by Gasteiger charge is 2.36. The highest BCUT2D eigenvalue weighted by molar-refractivity contribution is 6.61. The molecule has 4 nitrogen and oxygen atoms in total. The lowest BCUT2D eigenvalue weighted by atomic mass is 10.0. The fourth-order valence-electron chi connectivity index (χ4n) is 2.08. The lowest BCUT2D eigenvalue weighted by Crippen LogP contribution is -2.44. The number of benzene rings is 1. The number of fused-ring (bicyclic) bond motifs is 1. The SMILES string of the molecule is CO[SiH](OC)c1ccc2c(c1)COC(C)(C(C)C)O2. The largest absolute Gasteiger partial charge is 0.462 e. The van der Waals surface area contributed by atoms with Gasteiger partial charge in [0.25, 0.3) is 0 Å². The van der Waals surface area contributed by atoms with Crippen LogP contribution in [0.2, 0.25) is 0 Å². The molecule has 0 fully saturated rings. The van der Waals surface area contributed by atoms with E-state index in [2.05, 4.69) is 19.9 Å². The molecule has 0 saturated heterocycles. The number of hydrogen-bond acceptors (Lipinski definition) is 4. The highest BCUT2D eigenvalue weighted by atomic mass is 28.3. The Labute approximate surface area is 116 Å². The zero-order valence-electron chi connectivity index (χ0n) is 12.2. The summed E-state index contributed by atoms with van der Waals surface area (Å²) < 4.78 is 22.6. The van der Waals surface area contributed by atoms with E-state index in [-0.39, 0.29) is 0 Å². The molecule has 0 aromatic heterocycles. The maximum Gasteiger partial charge on any atom is 0.355 e. The molecule has 19 heavy (non-hydrogen) atoms. The summed E-state index contributed by atoms with van der Waals surface area (Å²) in [6.07, 6.45) is 0. The molecule has 2 rings (SSSR count). The molecule has 0 aliphatic carbocycles. The predicted octanol–water partition coefficient (Wildman–Crippen LogP) is 1.69. The van der Waals surface area contributed by atoms with E-state index in [1.165, 1.54) is 0 Å². The third kappa shape index (κ3) is 2.84. The maximum absolute atomic E-state index is 5.99. The van der Waals surface area contributed by atoms with Crippen molar-refractivity contribution in [2.45, 2.75) is 33.2 Å². The highest BCUT2D eigenvalue weighted by Crippen LogP contribution is 2.34. The third-order valence-corrected chi connectivity index (χ3v) is 5.42. The summed E-state index contributed by atoms with van der Waals surface area (Å²) in [5.41, 5.74) is 1.06. The van der Waals surface area contributed by atoms with Crippen molar-refractivity contribution in [2.24, 2.45) is 5.92 Å². The summed E-state index contributed by atoms with van der Waals surface area (Å²) >= 11 is 0. The summed E-state index contributed by atoms with van der Waals surface area (Å²) in [5, 5.41) is 1.10. The molecule has 0 bridgehead atoms. The van der Waals surface area contributed by atoms with Crippen LogP contribution in [0.15, 0.2) is 18.2 Å². The summed E-state index contributed by atoms with van der Waals surface area (Å²) in [6, 6.07) is 6.08. The molecule has 106 valence electrons. The minimum atomic E-state index is -1.76. The van der Waals surface area contributed by atoms with E-state index in [0.717, 1.165) is 16.5 Å². The molecule has 5 heteroatoms. The van der Waals surface area contributed by atoms with E-state index in [1.807, 2.05) is 19.1 Å². The van der Waals surface area contributed by atoms with Gasteiger partial charge in [0.2, 0.25) is 5.79 Å². The molecule has 1 aliphatic heterocycles. The Kier molecular flexibility index (Phi) is 4.30. The van der Waals surface area contributed by atoms with Crippen LogP contribution in [0.1, 0.15) is 26.3 Å². The van der Waals surface area contributed by atoms with Crippen LogP contribution >= 0.6 is 0 Å². The summed E-state index contributed by atoms with van der Waals surface area (Å²) in [7, 11) is 1.60. The van der Waals surface area contributed by atoms with Gasteiger partial charge in [-0.2, -0.15) is 0 Å². The van der Waals surface area contributed by atoms with Crippen LogP contribution < -0.4 is 9.92 Å². The van der Waals surface area contributed by atoms with Gasteiger partial charge in [0.05, 0.1) is 6.61 Å². The molecule has 1 aromatic carbocycles. The molecule has 0 N–H and O–H groups in total. The monoisotopic (exact) mass is 282 g/mol. The Morgan fingerprint density at radius 3 is 2.53 bits per heavy atom. The average Bonchev–Trinajstić information content (AvgIpc) is 2.40. The van der Waals surface area contributed by atoms with Crippen molar-refractivity contribution in [3.05, 3.63) is 23.8 Å². The normalized spacial score (nSPS) is 22.5. The second-order valence-corrected chi connectivity index (χ2v) is 7.51. The maximum atomic E-state index is 5.99. The zero-order valence-corrected chi connectivity index (χ0v) is 13.4. The fourth-order valence-corrected chi connectivity index (χ4v) is 3.41. The standard InChI is InChI=1S/C14H22O4Si/c1-10(2)14(3)17-9-11-8-12(19(15-4)16-5)6-7-13(11)18-14/h6-8,10,19H,9H2,1-5H3. The molecule has 1 aromatic rings. The van der Waals surface area contributed by atoms with E-state index in [4.69, 9.17) is 18.3 Å². The first-order valence-electron chi connectivity index (χ1n) is 6.51. The molecule has 0 radical (unpaired) electrons. The molecule has 1 heterocycles. The third-order valence-electron chi connectivity index (χ3n) is 3.66. The van der Waals surface area contributed by atoms with Gasteiger partial charge in [-0.25, -0.2) is 0 Å². The first kappa shape index (κ1) is 14.5. The second-order valence-electron chi connectivity index (χ2n) is 5.23. The molecular weight excluding hydrogens is 260 g/mol. The van der Waals surface area contributed by atoms with Crippen LogP contribution in [0.5, 0.6) is 5.75 Å². The van der Waals surface area contributed by atoms with Gasteiger partial charge >= 0.3 is 9.28 Å². The minimum absolute atomic E-state index is 0.292. The van der Waals surface area contributed by atoms with Crippen LogP contribution in [0.4, 0.5) is 0 Å². The molecule has 0 spiro atoms. The first-order valence-corrected chi connectivity index (χ1v) is 8.03. The zero-order chi connectivity index (χ0) is 14.0. The Balaban J connectivity index is 2.25.